The lowest BCUT2D eigenvalue weighted by Crippen LogP contribution is -2.46. The summed E-state index contributed by atoms with van der Waals surface area (Å²) in [6.07, 6.45) is 2.00. The number of sulfone groups is 1. The molecule has 1 N–H and O–H groups in total. The van der Waals surface area contributed by atoms with Crippen LogP contribution in [0.15, 0.2) is 24.4 Å². The van der Waals surface area contributed by atoms with Gasteiger partial charge in [0.05, 0.1) is 12.2 Å². The molecule has 0 saturated heterocycles. The molecule has 0 aliphatic carbocycles. The first-order valence-electron chi connectivity index (χ1n) is 8.20. The van der Waals surface area contributed by atoms with Gasteiger partial charge in [0, 0.05) is 25.0 Å². The van der Waals surface area contributed by atoms with Crippen molar-refractivity contribution < 1.29 is 22.7 Å². The van der Waals surface area contributed by atoms with Crippen LogP contribution in [0.1, 0.15) is 33.4 Å². The maximum absolute atomic E-state index is 12.4. The first-order chi connectivity index (χ1) is 11.9. The van der Waals surface area contributed by atoms with Gasteiger partial charge in [0.1, 0.15) is 11.4 Å². The molecular formula is C17H27N3O5S. The predicted octanol–water partition coefficient (Wildman–Crippen LogP) is 1.37. The SMILES string of the molecule is C[C@H](CN(Cc1ccccn1)C(=O)CS(C)(=O)=O)NC(=O)OC(C)(C)C. The summed E-state index contributed by atoms with van der Waals surface area (Å²) in [6, 6.07) is 4.84. The van der Waals surface area contributed by atoms with Crippen LogP contribution in [-0.4, -0.2) is 60.5 Å². The van der Waals surface area contributed by atoms with E-state index in [4.69, 9.17) is 4.74 Å². The maximum Gasteiger partial charge on any atom is 0.407 e. The second-order valence-electron chi connectivity index (χ2n) is 7.21. The van der Waals surface area contributed by atoms with Crippen molar-refractivity contribution in [3.05, 3.63) is 30.1 Å². The van der Waals surface area contributed by atoms with E-state index < -0.39 is 39.2 Å². The number of nitrogens with one attached hydrogen (secondary N) is 1. The van der Waals surface area contributed by atoms with E-state index in [1.54, 1.807) is 52.1 Å². The van der Waals surface area contributed by atoms with Gasteiger partial charge in [-0.3, -0.25) is 9.78 Å². The number of carbonyl (C=O) groups excluding carboxylic acids is 2. The highest BCUT2D eigenvalue weighted by Crippen LogP contribution is 2.08. The molecule has 2 amide bonds. The first-order valence-corrected chi connectivity index (χ1v) is 10.3. The number of nitrogens with zero attached hydrogens (tertiary/aromatic N) is 2. The molecule has 1 aromatic rings. The average molecular weight is 385 g/mol. The molecular weight excluding hydrogens is 358 g/mol. The number of carbonyl (C=O) groups is 2. The highest BCUT2D eigenvalue weighted by molar-refractivity contribution is 7.91. The smallest absolute Gasteiger partial charge is 0.407 e. The van der Waals surface area contributed by atoms with Crippen molar-refractivity contribution in [2.45, 2.75) is 45.9 Å². The Labute approximate surface area is 154 Å². The topological polar surface area (TPSA) is 106 Å². The monoisotopic (exact) mass is 385 g/mol. The van der Waals surface area contributed by atoms with E-state index in [9.17, 15) is 18.0 Å². The van der Waals surface area contributed by atoms with Crippen molar-refractivity contribution in [2.75, 3.05) is 18.6 Å². The minimum atomic E-state index is -3.47. The lowest BCUT2D eigenvalue weighted by Gasteiger charge is -2.27. The highest BCUT2D eigenvalue weighted by Gasteiger charge is 2.23. The second-order valence-corrected chi connectivity index (χ2v) is 9.35. The van der Waals surface area contributed by atoms with Gasteiger partial charge < -0.3 is 15.0 Å². The number of amides is 2. The number of aromatic nitrogens is 1. The zero-order valence-electron chi connectivity index (χ0n) is 15.9. The van der Waals surface area contributed by atoms with Crippen LogP contribution in [0.4, 0.5) is 4.79 Å². The molecule has 0 aromatic carbocycles. The summed E-state index contributed by atoms with van der Waals surface area (Å²) in [4.78, 5) is 29.8. The summed E-state index contributed by atoms with van der Waals surface area (Å²) >= 11 is 0. The lowest BCUT2D eigenvalue weighted by molar-refractivity contribution is -0.129. The number of alkyl carbamates (subject to hydrolysis) is 1. The van der Waals surface area contributed by atoms with Gasteiger partial charge in [0.15, 0.2) is 9.84 Å². The molecule has 0 bridgehead atoms. The van der Waals surface area contributed by atoms with E-state index in [0.29, 0.717) is 5.69 Å². The van der Waals surface area contributed by atoms with Crippen molar-refractivity contribution >= 4 is 21.8 Å². The number of rotatable bonds is 7. The molecule has 1 atom stereocenters. The third-order valence-electron chi connectivity index (χ3n) is 3.07. The minimum Gasteiger partial charge on any atom is -0.444 e. The van der Waals surface area contributed by atoms with Crippen LogP contribution in [0.3, 0.4) is 0 Å². The molecule has 0 radical (unpaired) electrons. The van der Waals surface area contributed by atoms with Crippen LogP contribution in [0.25, 0.3) is 0 Å². The summed E-state index contributed by atoms with van der Waals surface area (Å²) in [7, 11) is -3.47. The average Bonchev–Trinajstić information content (AvgIpc) is 2.43. The molecule has 0 fully saturated rings. The third-order valence-corrected chi connectivity index (χ3v) is 3.85. The molecule has 0 aliphatic rings. The van der Waals surface area contributed by atoms with Crippen LogP contribution in [0, 0.1) is 0 Å². The Hall–Kier alpha value is -2.16. The quantitative estimate of drug-likeness (QED) is 0.760. The second kappa shape index (κ2) is 8.98. The molecule has 1 aromatic heterocycles. The fourth-order valence-electron chi connectivity index (χ4n) is 2.14. The summed E-state index contributed by atoms with van der Waals surface area (Å²) < 4.78 is 28.1. The fraction of sp³-hybridized carbons (Fsp3) is 0.588. The Bertz CT molecular complexity index is 714. The van der Waals surface area contributed by atoms with Gasteiger partial charge >= 0.3 is 6.09 Å². The predicted molar refractivity (Wildman–Crippen MR) is 98.2 cm³/mol. The fourth-order valence-corrected chi connectivity index (χ4v) is 2.77. The molecule has 8 nitrogen and oxygen atoms in total. The van der Waals surface area contributed by atoms with Crippen LogP contribution < -0.4 is 5.32 Å². The van der Waals surface area contributed by atoms with E-state index in [-0.39, 0.29) is 13.1 Å². The number of hydrogen-bond donors (Lipinski definition) is 1. The Balaban J connectivity index is 2.80. The van der Waals surface area contributed by atoms with Gasteiger partial charge in [0.25, 0.3) is 0 Å². The molecule has 1 heterocycles. The van der Waals surface area contributed by atoms with E-state index >= 15 is 0 Å². The molecule has 0 spiro atoms. The third kappa shape index (κ3) is 9.36. The Kier molecular flexibility index (Phi) is 7.55. The molecule has 0 saturated carbocycles. The van der Waals surface area contributed by atoms with Crippen molar-refractivity contribution in [1.29, 1.82) is 0 Å². The van der Waals surface area contributed by atoms with E-state index in [0.717, 1.165) is 6.26 Å². The number of ether oxygens (including phenoxy) is 1. The summed E-state index contributed by atoms with van der Waals surface area (Å²) in [6.45, 7) is 7.24. The standard InChI is InChI=1S/C17H27N3O5S/c1-13(19-16(22)25-17(2,3)4)10-20(15(21)12-26(5,23)24)11-14-8-6-7-9-18-14/h6-9,13H,10-12H2,1-5H3,(H,19,22)/t13-/m1/s1. The molecule has 9 heteroatoms. The molecule has 1 rings (SSSR count). The number of hydrogen-bond acceptors (Lipinski definition) is 6. The van der Waals surface area contributed by atoms with Crippen molar-refractivity contribution in [3.8, 4) is 0 Å². The Morgan fingerprint density at radius 3 is 2.46 bits per heavy atom. The molecule has 26 heavy (non-hydrogen) atoms. The van der Waals surface area contributed by atoms with Crippen LogP contribution in [-0.2, 0) is 25.9 Å². The zero-order chi connectivity index (χ0) is 20.0. The van der Waals surface area contributed by atoms with Crippen molar-refractivity contribution in [1.82, 2.24) is 15.2 Å². The van der Waals surface area contributed by atoms with Crippen molar-refractivity contribution in [2.24, 2.45) is 0 Å². The summed E-state index contributed by atoms with van der Waals surface area (Å²) in [5.74, 6) is -1.14. The lowest BCUT2D eigenvalue weighted by atomic mass is 10.2. The van der Waals surface area contributed by atoms with Crippen molar-refractivity contribution in [3.63, 3.8) is 0 Å². The summed E-state index contributed by atoms with van der Waals surface area (Å²) in [5, 5.41) is 2.65. The normalized spacial score (nSPS) is 13.0. The van der Waals surface area contributed by atoms with Crippen LogP contribution in [0.5, 0.6) is 0 Å². The van der Waals surface area contributed by atoms with E-state index in [1.165, 1.54) is 4.90 Å². The van der Waals surface area contributed by atoms with Gasteiger partial charge in [0.2, 0.25) is 5.91 Å². The zero-order valence-corrected chi connectivity index (χ0v) is 16.7. The highest BCUT2D eigenvalue weighted by atomic mass is 32.2. The minimum absolute atomic E-state index is 0.129. The number of pyridine rings is 1. The summed E-state index contributed by atoms with van der Waals surface area (Å²) in [5.41, 5.74) is -0.0115. The molecule has 0 unspecified atom stereocenters. The Morgan fingerprint density at radius 1 is 1.31 bits per heavy atom. The first kappa shape index (κ1) is 21.9. The molecule has 0 aliphatic heterocycles. The van der Waals surface area contributed by atoms with Gasteiger partial charge in [-0.15, -0.1) is 0 Å². The largest absolute Gasteiger partial charge is 0.444 e. The van der Waals surface area contributed by atoms with Gasteiger partial charge in [-0.1, -0.05) is 6.07 Å². The van der Waals surface area contributed by atoms with Crippen LogP contribution in [0.2, 0.25) is 0 Å². The maximum atomic E-state index is 12.4. The van der Waals surface area contributed by atoms with Gasteiger partial charge in [-0.05, 0) is 39.8 Å². The molecule has 146 valence electrons. The van der Waals surface area contributed by atoms with E-state index in [2.05, 4.69) is 10.3 Å². The van der Waals surface area contributed by atoms with E-state index in [1.807, 2.05) is 0 Å². The van der Waals surface area contributed by atoms with Gasteiger partial charge in [-0.2, -0.15) is 0 Å². The van der Waals surface area contributed by atoms with Crippen LogP contribution >= 0.6 is 0 Å². The Morgan fingerprint density at radius 2 is 1.96 bits per heavy atom. The van der Waals surface area contributed by atoms with Gasteiger partial charge in [-0.25, -0.2) is 13.2 Å².